The number of aliphatic hydroxyl groups is 1. The van der Waals surface area contributed by atoms with Crippen molar-refractivity contribution in [1.29, 1.82) is 0 Å². The van der Waals surface area contributed by atoms with E-state index in [-0.39, 0.29) is 5.60 Å². The van der Waals surface area contributed by atoms with Crippen LogP contribution in [0.1, 0.15) is 31.9 Å². The molecule has 1 aromatic carbocycles. The zero-order valence-corrected chi connectivity index (χ0v) is 12.2. The largest absolute Gasteiger partial charge is 0.390 e. The minimum Gasteiger partial charge on any atom is -0.390 e. The lowest BCUT2D eigenvalue weighted by Crippen LogP contribution is -2.50. The molecule has 4 heteroatoms. The van der Waals surface area contributed by atoms with Gasteiger partial charge < -0.3 is 9.84 Å². The summed E-state index contributed by atoms with van der Waals surface area (Å²) >= 11 is 0. The fourth-order valence-corrected chi connectivity index (χ4v) is 3.16. The topological polar surface area (TPSA) is 47.3 Å². The third-order valence-corrected chi connectivity index (χ3v) is 4.63. The molecule has 0 aliphatic heterocycles. The van der Waals surface area contributed by atoms with E-state index < -0.39 is 6.10 Å². The molecule has 0 radical (unpaired) electrons. The molecule has 1 N–H and O–H groups in total. The second-order valence-electron chi connectivity index (χ2n) is 5.62. The first-order valence-electron chi connectivity index (χ1n) is 7.38. The van der Waals surface area contributed by atoms with Gasteiger partial charge in [-0.3, -0.25) is 4.68 Å². The molecule has 108 valence electrons. The van der Waals surface area contributed by atoms with E-state index in [4.69, 9.17) is 4.74 Å². The molecule has 20 heavy (non-hydrogen) atoms. The fourth-order valence-electron chi connectivity index (χ4n) is 3.16. The number of aliphatic hydroxyl groups excluding tert-OH is 1. The average molecular weight is 274 g/mol. The van der Waals surface area contributed by atoms with Crippen LogP contribution < -0.4 is 0 Å². The van der Waals surface area contributed by atoms with E-state index in [1.165, 1.54) is 0 Å². The Hall–Kier alpha value is -1.39. The lowest BCUT2D eigenvalue weighted by molar-refractivity contribution is -0.148. The summed E-state index contributed by atoms with van der Waals surface area (Å²) in [6.07, 6.45) is 3.09. The third-order valence-electron chi connectivity index (χ3n) is 4.63. The minimum absolute atomic E-state index is 0.350. The van der Waals surface area contributed by atoms with E-state index in [1.807, 2.05) is 16.8 Å². The number of hydrogen-bond acceptors (Lipinski definition) is 3. The van der Waals surface area contributed by atoms with E-state index in [2.05, 4.69) is 24.2 Å². The van der Waals surface area contributed by atoms with Crippen molar-refractivity contribution in [2.75, 3.05) is 7.11 Å². The van der Waals surface area contributed by atoms with Gasteiger partial charge in [0.1, 0.15) is 0 Å². The van der Waals surface area contributed by atoms with Crippen molar-refractivity contribution in [2.45, 2.75) is 50.9 Å². The summed E-state index contributed by atoms with van der Waals surface area (Å²) < 4.78 is 7.57. The molecule has 4 nitrogen and oxygen atoms in total. The van der Waals surface area contributed by atoms with Crippen LogP contribution in [0.25, 0.3) is 10.9 Å². The van der Waals surface area contributed by atoms with Crippen LogP contribution in [0.15, 0.2) is 24.3 Å². The van der Waals surface area contributed by atoms with Crippen LogP contribution in [-0.2, 0) is 17.7 Å². The highest BCUT2D eigenvalue weighted by Crippen LogP contribution is 2.39. The molecule has 1 aliphatic rings. The van der Waals surface area contributed by atoms with Crippen LogP contribution in [0.3, 0.4) is 0 Å². The van der Waals surface area contributed by atoms with E-state index in [0.29, 0.717) is 6.42 Å². The molecule has 2 aromatic rings. The van der Waals surface area contributed by atoms with Crippen LogP contribution in [-0.4, -0.2) is 33.7 Å². The highest BCUT2D eigenvalue weighted by atomic mass is 16.5. The van der Waals surface area contributed by atoms with Crippen LogP contribution in [0.5, 0.6) is 0 Å². The fraction of sp³-hybridized carbons (Fsp3) is 0.562. The van der Waals surface area contributed by atoms with Crippen molar-refractivity contribution < 1.29 is 9.84 Å². The van der Waals surface area contributed by atoms with Crippen molar-refractivity contribution in [2.24, 2.45) is 0 Å². The van der Waals surface area contributed by atoms with Crippen LogP contribution in [0, 0.1) is 0 Å². The van der Waals surface area contributed by atoms with Crippen molar-refractivity contribution in [3.8, 4) is 0 Å². The molecule has 0 saturated heterocycles. The summed E-state index contributed by atoms with van der Waals surface area (Å²) in [6, 6.07) is 8.21. The average Bonchev–Trinajstić information content (AvgIpc) is 2.77. The highest BCUT2D eigenvalue weighted by Gasteiger charge is 2.44. The van der Waals surface area contributed by atoms with Gasteiger partial charge in [0.05, 0.1) is 22.9 Å². The van der Waals surface area contributed by atoms with Crippen molar-refractivity contribution in [3.63, 3.8) is 0 Å². The summed E-state index contributed by atoms with van der Waals surface area (Å²) in [5.74, 6) is 0. The number of rotatable bonds is 5. The Balaban J connectivity index is 1.91. The number of nitrogens with zero attached hydrogens (tertiary/aromatic N) is 2. The molecule has 1 unspecified atom stereocenters. The predicted molar refractivity (Wildman–Crippen MR) is 78.7 cm³/mol. The van der Waals surface area contributed by atoms with Gasteiger partial charge in [-0.2, -0.15) is 5.10 Å². The number of aromatic nitrogens is 2. The summed E-state index contributed by atoms with van der Waals surface area (Å²) in [6.45, 7) is 2.92. The summed E-state index contributed by atoms with van der Waals surface area (Å²) in [5.41, 5.74) is 1.76. The van der Waals surface area contributed by atoms with Gasteiger partial charge in [0.25, 0.3) is 0 Å². The molecular weight excluding hydrogens is 252 g/mol. The standard InChI is InChI=1S/C16H22N2O2/c1-3-18-14-8-5-4-7-12(14)13(17-18)11-15(19)16(20-2)9-6-10-16/h4-5,7-8,15,19H,3,6,9-11H2,1-2H3. The van der Waals surface area contributed by atoms with E-state index in [0.717, 1.165) is 42.4 Å². The first-order valence-corrected chi connectivity index (χ1v) is 7.38. The molecule has 1 saturated carbocycles. The number of methoxy groups -OCH3 is 1. The molecular formula is C16H22N2O2. The second kappa shape index (κ2) is 5.19. The Morgan fingerprint density at radius 2 is 2.15 bits per heavy atom. The van der Waals surface area contributed by atoms with Crippen LogP contribution in [0.2, 0.25) is 0 Å². The van der Waals surface area contributed by atoms with Crippen molar-refractivity contribution in [1.82, 2.24) is 9.78 Å². The van der Waals surface area contributed by atoms with Gasteiger partial charge in [0, 0.05) is 25.5 Å². The Kier molecular flexibility index (Phi) is 3.52. The van der Waals surface area contributed by atoms with Crippen LogP contribution in [0.4, 0.5) is 0 Å². The molecule has 3 rings (SSSR count). The monoisotopic (exact) mass is 274 g/mol. The quantitative estimate of drug-likeness (QED) is 0.911. The predicted octanol–water partition coefficient (Wildman–Crippen LogP) is 2.53. The van der Waals surface area contributed by atoms with E-state index >= 15 is 0 Å². The lowest BCUT2D eigenvalue weighted by atomic mass is 9.74. The number of hydrogen-bond donors (Lipinski definition) is 1. The van der Waals surface area contributed by atoms with E-state index in [9.17, 15) is 5.11 Å². The summed E-state index contributed by atoms with van der Waals surface area (Å²) in [5, 5.41) is 16.3. The highest BCUT2D eigenvalue weighted by molar-refractivity contribution is 5.82. The van der Waals surface area contributed by atoms with Crippen molar-refractivity contribution >= 4 is 10.9 Å². The van der Waals surface area contributed by atoms with Gasteiger partial charge in [0.15, 0.2) is 0 Å². The molecule has 1 fully saturated rings. The smallest absolute Gasteiger partial charge is 0.0940 e. The van der Waals surface area contributed by atoms with Gasteiger partial charge in [-0.05, 0) is 32.3 Å². The molecule has 1 heterocycles. The first kappa shape index (κ1) is 13.6. The maximum absolute atomic E-state index is 10.5. The summed E-state index contributed by atoms with van der Waals surface area (Å²) in [7, 11) is 1.70. The van der Waals surface area contributed by atoms with Gasteiger partial charge in [-0.25, -0.2) is 0 Å². The number of aryl methyl sites for hydroxylation is 1. The molecule has 0 bridgehead atoms. The molecule has 0 spiro atoms. The number of para-hydroxylation sites is 1. The number of fused-ring (bicyclic) bond motifs is 1. The Bertz CT molecular complexity index is 596. The van der Waals surface area contributed by atoms with Gasteiger partial charge in [0.2, 0.25) is 0 Å². The lowest BCUT2D eigenvalue weighted by Gasteiger charge is -2.44. The number of benzene rings is 1. The zero-order valence-electron chi connectivity index (χ0n) is 12.2. The SMILES string of the molecule is CCn1nc(CC(O)C2(OC)CCC2)c2ccccc21. The maximum atomic E-state index is 10.5. The van der Waals surface area contributed by atoms with Gasteiger partial charge >= 0.3 is 0 Å². The summed E-state index contributed by atoms with van der Waals surface area (Å²) in [4.78, 5) is 0. The maximum Gasteiger partial charge on any atom is 0.0940 e. The second-order valence-corrected chi connectivity index (χ2v) is 5.62. The van der Waals surface area contributed by atoms with Crippen molar-refractivity contribution in [3.05, 3.63) is 30.0 Å². The van der Waals surface area contributed by atoms with Gasteiger partial charge in [-0.15, -0.1) is 0 Å². The number of ether oxygens (including phenoxy) is 1. The first-order chi connectivity index (χ1) is 9.70. The molecule has 1 aromatic heterocycles. The Morgan fingerprint density at radius 3 is 2.75 bits per heavy atom. The van der Waals surface area contributed by atoms with E-state index in [1.54, 1.807) is 7.11 Å². The Morgan fingerprint density at radius 1 is 1.40 bits per heavy atom. The Labute approximate surface area is 119 Å². The normalized spacial score (nSPS) is 18.9. The van der Waals surface area contributed by atoms with Gasteiger partial charge in [-0.1, -0.05) is 18.2 Å². The molecule has 1 atom stereocenters. The minimum atomic E-state index is -0.482. The molecule has 0 amide bonds. The zero-order chi connectivity index (χ0) is 14.2. The third kappa shape index (κ3) is 2.03. The molecule has 1 aliphatic carbocycles. The van der Waals surface area contributed by atoms with Crippen LogP contribution >= 0.6 is 0 Å².